The molecule has 0 saturated carbocycles. The van der Waals surface area contributed by atoms with Gasteiger partial charge >= 0.3 is 5.97 Å². The van der Waals surface area contributed by atoms with Crippen molar-refractivity contribution in [3.05, 3.63) is 16.6 Å². The second kappa shape index (κ2) is 5.57. The molecule has 2 atom stereocenters. The van der Waals surface area contributed by atoms with Crippen molar-refractivity contribution in [1.29, 1.82) is 0 Å². The molecule has 0 radical (unpaired) electrons. The first-order chi connectivity index (χ1) is 8.24. The molecule has 2 rings (SSSR count). The lowest BCUT2D eigenvalue weighted by Crippen LogP contribution is -2.38. The Bertz CT molecular complexity index is 369. The van der Waals surface area contributed by atoms with Gasteiger partial charge in [0.1, 0.15) is 17.8 Å². The number of rotatable bonds is 5. The maximum Gasteiger partial charge on any atom is 0.321 e. The molecule has 2 unspecified atom stereocenters. The van der Waals surface area contributed by atoms with Crippen molar-refractivity contribution in [3.63, 3.8) is 0 Å². The Morgan fingerprint density at radius 3 is 3.12 bits per heavy atom. The molecule has 0 spiro atoms. The van der Waals surface area contributed by atoms with Crippen LogP contribution in [0.1, 0.15) is 30.8 Å². The van der Waals surface area contributed by atoms with Crippen LogP contribution in [0.3, 0.4) is 0 Å². The summed E-state index contributed by atoms with van der Waals surface area (Å²) in [4.78, 5) is 17.3. The number of hydrogen-bond acceptors (Lipinski definition) is 5. The number of hydrogen-bond donors (Lipinski definition) is 1. The SMILES string of the molecule is CCOCN1C(C(=O)O)CCC1c1nccs1. The highest BCUT2D eigenvalue weighted by molar-refractivity contribution is 7.09. The van der Waals surface area contributed by atoms with Gasteiger partial charge in [0.25, 0.3) is 0 Å². The van der Waals surface area contributed by atoms with Crippen LogP contribution in [0, 0.1) is 0 Å². The maximum atomic E-state index is 11.2. The predicted molar refractivity (Wildman–Crippen MR) is 63.8 cm³/mol. The molecule has 5 nitrogen and oxygen atoms in total. The highest BCUT2D eigenvalue weighted by Gasteiger charge is 2.39. The van der Waals surface area contributed by atoms with E-state index in [9.17, 15) is 9.90 Å². The fourth-order valence-corrected chi connectivity index (χ4v) is 2.96. The fraction of sp³-hybridized carbons (Fsp3) is 0.636. The van der Waals surface area contributed by atoms with Gasteiger partial charge in [-0.2, -0.15) is 0 Å². The average molecular weight is 256 g/mol. The Morgan fingerprint density at radius 1 is 1.71 bits per heavy atom. The number of carbonyl (C=O) groups is 1. The third kappa shape index (κ3) is 2.65. The van der Waals surface area contributed by atoms with Gasteiger partial charge in [0.2, 0.25) is 0 Å². The maximum absolute atomic E-state index is 11.2. The van der Waals surface area contributed by atoms with Crippen LogP contribution in [0.2, 0.25) is 0 Å². The number of carboxylic acids is 1. The second-order valence-corrected chi connectivity index (χ2v) is 4.88. The summed E-state index contributed by atoms with van der Waals surface area (Å²) in [7, 11) is 0. The molecule has 1 fully saturated rings. The number of aliphatic carboxylic acids is 1. The molecular formula is C11H16N2O3S. The Balaban J connectivity index is 2.13. The number of likely N-dealkylation sites (tertiary alicyclic amines) is 1. The Labute approximate surface area is 104 Å². The van der Waals surface area contributed by atoms with Crippen molar-refractivity contribution in [3.8, 4) is 0 Å². The number of thiazole rings is 1. The van der Waals surface area contributed by atoms with Crippen LogP contribution in [-0.2, 0) is 9.53 Å². The van der Waals surface area contributed by atoms with E-state index in [2.05, 4.69) is 4.98 Å². The molecule has 0 aromatic carbocycles. The molecule has 1 aliphatic rings. The zero-order valence-electron chi connectivity index (χ0n) is 9.70. The minimum atomic E-state index is -0.774. The fourth-order valence-electron chi connectivity index (χ4n) is 2.17. The highest BCUT2D eigenvalue weighted by Crippen LogP contribution is 2.36. The molecule has 17 heavy (non-hydrogen) atoms. The van der Waals surface area contributed by atoms with Crippen molar-refractivity contribution in [2.45, 2.75) is 31.8 Å². The van der Waals surface area contributed by atoms with E-state index in [1.165, 1.54) is 0 Å². The molecule has 0 bridgehead atoms. The Morgan fingerprint density at radius 2 is 2.53 bits per heavy atom. The quantitative estimate of drug-likeness (QED) is 0.869. The van der Waals surface area contributed by atoms with E-state index < -0.39 is 12.0 Å². The molecule has 1 aromatic heterocycles. The zero-order valence-corrected chi connectivity index (χ0v) is 10.5. The monoisotopic (exact) mass is 256 g/mol. The number of nitrogens with zero attached hydrogens (tertiary/aromatic N) is 2. The normalized spacial score (nSPS) is 25.2. The van der Waals surface area contributed by atoms with Crippen molar-refractivity contribution >= 4 is 17.3 Å². The van der Waals surface area contributed by atoms with Gasteiger partial charge in [0, 0.05) is 18.2 Å². The zero-order chi connectivity index (χ0) is 12.3. The molecule has 1 aliphatic heterocycles. The van der Waals surface area contributed by atoms with Crippen LogP contribution < -0.4 is 0 Å². The van der Waals surface area contributed by atoms with Gasteiger partial charge < -0.3 is 9.84 Å². The summed E-state index contributed by atoms with van der Waals surface area (Å²) < 4.78 is 5.37. The largest absolute Gasteiger partial charge is 0.480 e. The third-order valence-electron chi connectivity index (χ3n) is 2.98. The predicted octanol–water partition coefficient (Wildman–Crippen LogP) is 1.73. The number of carboxylic acid groups (broad SMARTS) is 1. The third-order valence-corrected chi connectivity index (χ3v) is 3.86. The molecule has 1 saturated heterocycles. The molecule has 1 aromatic rings. The van der Waals surface area contributed by atoms with Crippen LogP contribution in [0.15, 0.2) is 11.6 Å². The van der Waals surface area contributed by atoms with Gasteiger partial charge in [-0.1, -0.05) is 0 Å². The smallest absolute Gasteiger partial charge is 0.321 e. The van der Waals surface area contributed by atoms with Crippen molar-refractivity contribution in [2.75, 3.05) is 13.3 Å². The van der Waals surface area contributed by atoms with Crippen molar-refractivity contribution in [1.82, 2.24) is 9.88 Å². The van der Waals surface area contributed by atoms with Gasteiger partial charge in [0.15, 0.2) is 0 Å². The van der Waals surface area contributed by atoms with E-state index in [0.717, 1.165) is 11.4 Å². The van der Waals surface area contributed by atoms with E-state index in [1.807, 2.05) is 17.2 Å². The molecule has 0 aliphatic carbocycles. The summed E-state index contributed by atoms with van der Waals surface area (Å²) in [6.45, 7) is 2.86. The van der Waals surface area contributed by atoms with E-state index >= 15 is 0 Å². The first kappa shape index (κ1) is 12.5. The summed E-state index contributed by atoms with van der Waals surface area (Å²) in [6, 6.07) is -0.363. The Hall–Kier alpha value is -0.980. The summed E-state index contributed by atoms with van der Waals surface area (Å²) in [5, 5.41) is 12.1. The molecule has 0 amide bonds. The minimum Gasteiger partial charge on any atom is -0.480 e. The average Bonchev–Trinajstić information content (AvgIpc) is 2.94. The van der Waals surface area contributed by atoms with Crippen molar-refractivity contribution < 1.29 is 14.6 Å². The number of ether oxygens (including phenoxy) is 1. The van der Waals surface area contributed by atoms with Gasteiger partial charge in [-0.3, -0.25) is 9.69 Å². The topological polar surface area (TPSA) is 62.7 Å². The number of aromatic nitrogens is 1. The first-order valence-electron chi connectivity index (χ1n) is 5.69. The van der Waals surface area contributed by atoms with E-state index in [0.29, 0.717) is 19.8 Å². The van der Waals surface area contributed by atoms with E-state index in [1.54, 1.807) is 17.5 Å². The molecule has 1 N–H and O–H groups in total. The first-order valence-corrected chi connectivity index (χ1v) is 6.57. The van der Waals surface area contributed by atoms with Crippen LogP contribution in [0.4, 0.5) is 0 Å². The van der Waals surface area contributed by atoms with E-state index in [4.69, 9.17) is 4.74 Å². The summed E-state index contributed by atoms with van der Waals surface area (Å²) in [5.74, 6) is -0.774. The highest BCUT2D eigenvalue weighted by atomic mass is 32.1. The summed E-state index contributed by atoms with van der Waals surface area (Å²) in [5.41, 5.74) is 0. The van der Waals surface area contributed by atoms with Gasteiger partial charge in [-0.25, -0.2) is 4.98 Å². The van der Waals surface area contributed by atoms with Crippen LogP contribution in [0.25, 0.3) is 0 Å². The van der Waals surface area contributed by atoms with Gasteiger partial charge in [-0.15, -0.1) is 11.3 Å². The molecule has 6 heteroatoms. The summed E-state index contributed by atoms with van der Waals surface area (Å²) in [6.07, 6.45) is 3.25. The molecule has 94 valence electrons. The van der Waals surface area contributed by atoms with Crippen LogP contribution >= 0.6 is 11.3 Å². The van der Waals surface area contributed by atoms with Gasteiger partial charge in [-0.05, 0) is 19.8 Å². The minimum absolute atomic E-state index is 0.0858. The summed E-state index contributed by atoms with van der Waals surface area (Å²) >= 11 is 1.57. The standard InChI is InChI=1S/C11H16N2O3S/c1-2-16-7-13-8(10-12-5-6-17-10)3-4-9(13)11(14)15/h5-6,8-9H,2-4,7H2,1H3,(H,14,15). The lowest BCUT2D eigenvalue weighted by Gasteiger charge is -2.26. The second-order valence-electron chi connectivity index (χ2n) is 3.95. The molecule has 2 heterocycles. The van der Waals surface area contributed by atoms with E-state index in [-0.39, 0.29) is 6.04 Å². The van der Waals surface area contributed by atoms with Crippen LogP contribution in [0.5, 0.6) is 0 Å². The lowest BCUT2D eigenvalue weighted by molar-refractivity contribution is -0.145. The Kier molecular flexibility index (Phi) is 4.09. The lowest BCUT2D eigenvalue weighted by atomic mass is 10.2. The van der Waals surface area contributed by atoms with Crippen molar-refractivity contribution in [2.24, 2.45) is 0 Å². The molecular weight excluding hydrogens is 240 g/mol. The van der Waals surface area contributed by atoms with Gasteiger partial charge in [0.05, 0.1) is 6.04 Å². The van der Waals surface area contributed by atoms with Crippen LogP contribution in [-0.4, -0.2) is 40.3 Å².